The molecule has 4 aromatic rings. The van der Waals surface area contributed by atoms with Gasteiger partial charge in [-0.25, -0.2) is 14.5 Å². The number of aromatic nitrogens is 2. The molecular formula is C22H29ClN2O8P2S2. The van der Waals surface area contributed by atoms with Crippen molar-refractivity contribution in [2.45, 2.75) is 13.1 Å². The number of rotatable bonds is 8. The van der Waals surface area contributed by atoms with E-state index >= 15 is 0 Å². The lowest BCUT2D eigenvalue weighted by atomic mass is 10.3. The van der Waals surface area contributed by atoms with E-state index in [-0.39, 0.29) is 6.16 Å². The standard InChI is InChI=1S/C11H14NO4PS.C9H9NOS.C2H6ClO3P/c1-14-8-4-5-9-10(6-8)18-11(12-9)7-17(13,15-2)16-3;1-6-10-8-4-3-7(11-2)5-9(8)12-6;1-5-7(3,4)6-2/h4-6H,7H2,1-3H3;3-5H,1-2H3;1-2H3. The van der Waals surface area contributed by atoms with Gasteiger partial charge in [0.1, 0.15) is 22.7 Å². The molecule has 0 aliphatic heterocycles. The molecule has 0 spiro atoms. The highest BCUT2D eigenvalue weighted by Gasteiger charge is 2.24. The van der Waals surface area contributed by atoms with Crippen molar-refractivity contribution in [3.8, 4) is 11.5 Å². The van der Waals surface area contributed by atoms with E-state index in [2.05, 4.69) is 19.0 Å². The molecule has 0 aliphatic rings. The van der Waals surface area contributed by atoms with E-state index in [4.69, 9.17) is 29.8 Å². The first-order valence-electron chi connectivity index (χ1n) is 10.5. The molecule has 0 saturated heterocycles. The molecule has 0 radical (unpaired) electrons. The summed E-state index contributed by atoms with van der Waals surface area (Å²) in [5.74, 6) is 1.67. The number of nitrogens with zero attached hydrogens (tertiary/aromatic N) is 2. The third-order valence-corrected chi connectivity index (χ3v) is 10.3. The number of benzene rings is 2. The molecule has 4 rings (SSSR count). The van der Waals surface area contributed by atoms with Crippen LogP contribution in [-0.4, -0.2) is 52.6 Å². The molecule has 2 aromatic heterocycles. The van der Waals surface area contributed by atoms with E-state index in [1.807, 2.05) is 43.3 Å². The maximum Gasteiger partial charge on any atom is 0.423 e. The molecule has 2 heterocycles. The van der Waals surface area contributed by atoms with Gasteiger partial charge in [-0.1, -0.05) is 0 Å². The smallest absolute Gasteiger partial charge is 0.423 e. The van der Waals surface area contributed by atoms with Gasteiger partial charge in [-0.2, -0.15) is 0 Å². The molecule has 0 unspecified atom stereocenters. The molecule has 15 heteroatoms. The number of aryl methyl sites for hydroxylation is 1. The molecule has 0 saturated carbocycles. The lowest BCUT2D eigenvalue weighted by molar-refractivity contribution is 0.274. The lowest BCUT2D eigenvalue weighted by Gasteiger charge is -2.10. The third kappa shape index (κ3) is 9.58. The Labute approximate surface area is 228 Å². The average molecular weight is 611 g/mol. The third-order valence-electron chi connectivity index (χ3n) is 4.66. The first-order chi connectivity index (χ1) is 17.5. The minimum Gasteiger partial charge on any atom is -0.497 e. The zero-order valence-electron chi connectivity index (χ0n) is 21.4. The van der Waals surface area contributed by atoms with Crippen LogP contribution in [0.3, 0.4) is 0 Å². The van der Waals surface area contributed by atoms with Crippen LogP contribution in [0.4, 0.5) is 0 Å². The van der Waals surface area contributed by atoms with Crippen molar-refractivity contribution < 1.29 is 36.7 Å². The summed E-state index contributed by atoms with van der Waals surface area (Å²) in [5.41, 5.74) is 1.91. The Morgan fingerprint density at radius 1 is 0.757 bits per heavy atom. The fraction of sp³-hybridized carbons (Fsp3) is 0.364. The van der Waals surface area contributed by atoms with Crippen LogP contribution in [0, 0.1) is 6.92 Å². The van der Waals surface area contributed by atoms with Crippen LogP contribution in [0.15, 0.2) is 36.4 Å². The quantitative estimate of drug-likeness (QED) is 0.185. The van der Waals surface area contributed by atoms with Gasteiger partial charge in [0.2, 0.25) is 0 Å². The zero-order valence-corrected chi connectivity index (χ0v) is 25.6. The van der Waals surface area contributed by atoms with Crippen molar-refractivity contribution in [3.63, 3.8) is 0 Å². The minimum atomic E-state index is -3.18. The number of hydrogen-bond acceptors (Lipinski definition) is 12. The predicted octanol–water partition coefficient (Wildman–Crippen LogP) is 7.53. The topological polar surface area (TPSA) is 115 Å². The van der Waals surface area contributed by atoms with Crippen molar-refractivity contribution in [2.24, 2.45) is 0 Å². The van der Waals surface area contributed by atoms with Gasteiger partial charge in [0.05, 0.1) is 39.7 Å². The monoisotopic (exact) mass is 610 g/mol. The van der Waals surface area contributed by atoms with E-state index in [0.717, 1.165) is 37.2 Å². The summed E-state index contributed by atoms with van der Waals surface area (Å²) >= 11 is 8.17. The molecule has 0 bridgehead atoms. The van der Waals surface area contributed by atoms with Crippen LogP contribution in [-0.2, 0) is 33.4 Å². The van der Waals surface area contributed by atoms with Crippen molar-refractivity contribution in [2.75, 3.05) is 42.7 Å². The molecule has 37 heavy (non-hydrogen) atoms. The average Bonchev–Trinajstić information content (AvgIpc) is 3.49. The first kappa shape index (κ1) is 31.6. The largest absolute Gasteiger partial charge is 0.497 e. The van der Waals surface area contributed by atoms with Crippen LogP contribution in [0.5, 0.6) is 11.5 Å². The Morgan fingerprint density at radius 2 is 1.24 bits per heavy atom. The summed E-state index contributed by atoms with van der Waals surface area (Å²) in [5, 5.41) is 1.82. The van der Waals surface area contributed by atoms with Crippen molar-refractivity contribution in [1.82, 2.24) is 9.97 Å². The van der Waals surface area contributed by atoms with Crippen LogP contribution in [0.2, 0.25) is 0 Å². The molecule has 0 aliphatic carbocycles. The van der Waals surface area contributed by atoms with Crippen LogP contribution in [0.1, 0.15) is 10.0 Å². The van der Waals surface area contributed by atoms with Gasteiger partial charge in [0.15, 0.2) is 0 Å². The minimum absolute atomic E-state index is 0.182. The second kappa shape index (κ2) is 14.5. The van der Waals surface area contributed by atoms with E-state index in [0.29, 0.717) is 0 Å². The van der Waals surface area contributed by atoms with E-state index in [1.165, 1.54) is 44.5 Å². The number of hydrogen-bond donors (Lipinski definition) is 0. The van der Waals surface area contributed by atoms with Crippen LogP contribution in [0.25, 0.3) is 20.4 Å². The van der Waals surface area contributed by atoms with Crippen molar-refractivity contribution >= 4 is 68.9 Å². The zero-order chi connectivity index (χ0) is 27.6. The summed E-state index contributed by atoms with van der Waals surface area (Å²) in [6.07, 6.45) is 0.182. The second-order valence-electron chi connectivity index (χ2n) is 6.94. The number of methoxy groups -OCH3 is 2. The van der Waals surface area contributed by atoms with Gasteiger partial charge in [0.25, 0.3) is 0 Å². The number of ether oxygens (including phenoxy) is 2. The van der Waals surface area contributed by atoms with Crippen molar-refractivity contribution in [1.29, 1.82) is 0 Å². The SMILES string of the molecule is COP(=O)(Cl)OC.COc1ccc2nc(C)sc2c1.COc1ccc2nc(CP(=O)(OC)OC)sc2c1. The van der Waals surface area contributed by atoms with E-state index < -0.39 is 14.5 Å². The lowest BCUT2D eigenvalue weighted by Crippen LogP contribution is -1.92. The highest BCUT2D eigenvalue weighted by Crippen LogP contribution is 2.51. The maximum absolute atomic E-state index is 12.0. The summed E-state index contributed by atoms with van der Waals surface area (Å²) in [6.45, 7) is -1.17. The Balaban J connectivity index is 0.000000218. The molecule has 0 atom stereocenters. The van der Waals surface area contributed by atoms with E-state index in [9.17, 15) is 9.13 Å². The van der Waals surface area contributed by atoms with Gasteiger partial charge in [-0.15, -0.1) is 22.7 Å². The van der Waals surface area contributed by atoms with Gasteiger partial charge in [-0.05, 0) is 43.3 Å². The Morgan fingerprint density at radius 3 is 1.68 bits per heavy atom. The molecule has 0 amide bonds. The molecular weight excluding hydrogens is 582 g/mol. The van der Waals surface area contributed by atoms with E-state index in [1.54, 1.807) is 25.6 Å². The number of thiazole rings is 2. The number of fused-ring (bicyclic) bond motifs is 2. The van der Waals surface area contributed by atoms with Gasteiger partial charge >= 0.3 is 14.5 Å². The maximum atomic E-state index is 12.0. The number of halogens is 1. The molecule has 0 N–H and O–H groups in total. The fourth-order valence-electron chi connectivity index (χ4n) is 2.74. The first-order valence-corrected chi connectivity index (χ1v) is 16.3. The molecule has 10 nitrogen and oxygen atoms in total. The Hall–Kier alpha value is -1.59. The van der Waals surface area contributed by atoms with Crippen molar-refractivity contribution in [3.05, 3.63) is 46.4 Å². The summed E-state index contributed by atoms with van der Waals surface area (Å²) in [7, 11) is 5.42. The Bertz CT molecular complexity index is 1380. The summed E-state index contributed by atoms with van der Waals surface area (Å²) in [6, 6.07) is 11.6. The Kier molecular flexibility index (Phi) is 12.4. The van der Waals surface area contributed by atoms with Gasteiger partial charge in [-0.3, -0.25) is 4.57 Å². The molecule has 204 valence electrons. The second-order valence-corrected chi connectivity index (χ2v) is 14.4. The highest BCUT2D eigenvalue weighted by molar-refractivity contribution is 7.81. The summed E-state index contributed by atoms with van der Waals surface area (Å²) < 4.78 is 52.9. The normalized spacial score (nSPS) is 11.5. The highest BCUT2D eigenvalue weighted by atomic mass is 35.7. The predicted molar refractivity (Wildman–Crippen MR) is 150 cm³/mol. The molecule has 2 aromatic carbocycles. The van der Waals surface area contributed by atoms with Crippen LogP contribution < -0.4 is 9.47 Å². The molecule has 0 fully saturated rings. The van der Waals surface area contributed by atoms with Gasteiger partial charge < -0.3 is 27.6 Å². The van der Waals surface area contributed by atoms with Crippen LogP contribution >= 0.6 is 48.5 Å². The summed E-state index contributed by atoms with van der Waals surface area (Å²) in [4.78, 5) is 8.75. The fourth-order valence-corrected chi connectivity index (χ4v) is 6.08. The van der Waals surface area contributed by atoms with Gasteiger partial charge in [0, 0.05) is 39.7 Å².